The van der Waals surface area contributed by atoms with Crippen molar-refractivity contribution in [1.82, 2.24) is 5.32 Å². The van der Waals surface area contributed by atoms with Crippen molar-refractivity contribution in [2.45, 2.75) is 19.0 Å². The Balaban J connectivity index is 2.44. The molecule has 0 radical (unpaired) electrons. The molecular weight excluding hydrogens is 229 g/mol. The summed E-state index contributed by atoms with van der Waals surface area (Å²) in [5, 5.41) is 3.13. The Labute approximate surface area is 99.0 Å². The van der Waals surface area contributed by atoms with E-state index in [-0.39, 0.29) is 0 Å². The first-order valence-corrected chi connectivity index (χ1v) is 5.61. The summed E-state index contributed by atoms with van der Waals surface area (Å²) in [5.41, 5.74) is 5.43. The van der Waals surface area contributed by atoms with E-state index in [1.165, 1.54) is 12.1 Å². The number of hydrogen-bond acceptors (Lipinski definition) is 2. The van der Waals surface area contributed by atoms with Gasteiger partial charge < -0.3 is 11.1 Å². The number of benzene rings is 1. The second-order valence-corrected chi connectivity index (χ2v) is 3.84. The number of halogens is 3. The number of alkyl halides is 3. The van der Waals surface area contributed by atoms with Crippen LogP contribution in [-0.4, -0.2) is 19.6 Å². The lowest BCUT2D eigenvalue weighted by Gasteiger charge is -2.09. The van der Waals surface area contributed by atoms with E-state index in [1.807, 2.05) is 0 Å². The summed E-state index contributed by atoms with van der Waals surface area (Å²) >= 11 is 0. The van der Waals surface area contributed by atoms with Crippen molar-refractivity contribution < 1.29 is 13.2 Å². The molecule has 5 heteroatoms. The first kappa shape index (κ1) is 14.0. The summed E-state index contributed by atoms with van der Waals surface area (Å²) in [6.45, 7) is 2.09. The predicted octanol–water partition coefficient (Wildman–Crippen LogP) is 2.19. The minimum absolute atomic E-state index is 0.586. The molecule has 0 unspecified atom stereocenters. The fourth-order valence-electron chi connectivity index (χ4n) is 1.49. The molecule has 17 heavy (non-hydrogen) atoms. The van der Waals surface area contributed by atoms with Crippen LogP contribution < -0.4 is 11.1 Å². The summed E-state index contributed by atoms with van der Waals surface area (Å²) in [6, 6.07) is 5.44. The lowest BCUT2D eigenvalue weighted by atomic mass is 10.1. The molecule has 0 aromatic heterocycles. The highest BCUT2D eigenvalue weighted by Gasteiger charge is 2.30. The third-order valence-corrected chi connectivity index (χ3v) is 2.40. The van der Waals surface area contributed by atoms with Crippen LogP contribution in [0.1, 0.15) is 17.5 Å². The van der Waals surface area contributed by atoms with E-state index in [0.29, 0.717) is 25.1 Å². The Morgan fingerprint density at radius 1 is 1.18 bits per heavy atom. The predicted molar refractivity (Wildman–Crippen MR) is 61.7 cm³/mol. The molecule has 0 saturated carbocycles. The van der Waals surface area contributed by atoms with Gasteiger partial charge in [-0.3, -0.25) is 0 Å². The van der Waals surface area contributed by atoms with Crippen LogP contribution in [0.3, 0.4) is 0 Å². The summed E-state index contributed by atoms with van der Waals surface area (Å²) in [6.07, 6.45) is -2.79. The van der Waals surface area contributed by atoms with Crippen molar-refractivity contribution in [2.24, 2.45) is 5.73 Å². The van der Waals surface area contributed by atoms with Gasteiger partial charge in [0.2, 0.25) is 0 Å². The van der Waals surface area contributed by atoms with Crippen LogP contribution in [0.15, 0.2) is 24.3 Å². The molecule has 96 valence electrons. The van der Waals surface area contributed by atoms with Gasteiger partial charge in [0.25, 0.3) is 0 Å². The molecule has 1 aromatic carbocycles. The maximum absolute atomic E-state index is 12.4. The third-order valence-electron chi connectivity index (χ3n) is 2.40. The molecule has 0 heterocycles. The normalized spacial score (nSPS) is 11.8. The molecule has 0 amide bonds. The Bertz CT molecular complexity index is 337. The molecule has 0 aliphatic heterocycles. The molecule has 0 fully saturated rings. The van der Waals surface area contributed by atoms with E-state index < -0.39 is 11.7 Å². The van der Waals surface area contributed by atoms with E-state index >= 15 is 0 Å². The average molecular weight is 246 g/mol. The van der Waals surface area contributed by atoms with Crippen LogP contribution >= 0.6 is 0 Å². The first-order chi connectivity index (χ1) is 8.04. The average Bonchev–Trinajstić information content (AvgIpc) is 2.28. The molecule has 0 saturated heterocycles. The highest BCUT2D eigenvalue weighted by atomic mass is 19.4. The van der Waals surface area contributed by atoms with E-state index in [0.717, 1.165) is 19.0 Å². The van der Waals surface area contributed by atoms with Crippen molar-refractivity contribution in [1.29, 1.82) is 0 Å². The Kier molecular flexibility index (Phi) is 5.44. The number of nitrogens with one attached hydrogen (secondary N) is 1. The van der Waals surface area contributed by atoms with Crippen LogP contribution in [0.25, 0.3) is 0 Å². The van der Waals surface area contributed by atoms with Gasteiger partial charge in [-0.25, -0.2) is 0 Å². The lowest BCUT2D eigenvalue weighted by molar-refractivity contribution is -0.137. The highest BCUT2D eigenvalue weighted by molar-refractivity contribution is 5.25. The molecule has 1 aromatic rings. The third kappa shape index (κ3) is 5.19. The zero-order valence-corrected chi connectivity index (χ0v) is 9.56. The van der Waals surface area contributed by atoms with Crippen LogP contribution in [-0.2, 0) is 12.6 Å². The minimum atomic E-state index is -4.26. The second kappa shape index (κ2) is 6.61. The topological polar surface area (TPSA) is 38.0 Å². The van der Waals surface area contributed by atoms with E-state index in [2.05, 4.69) is 5.32 Å². The number of rotatable bonds is 6. The summed E-state index contributed by atoms with van der Waals surface area (Å²) in [4.78, 5) is 0. The van der Waals surface area contributed by atoms with Gasteiger partial charge >= 0.3 is 6.18 Å². The fourth-order valence-corrected chi connectivity index (χ4v) is 1.49. The van der Waals surface area contributed by atoms with Gasteiger partial charge in [-0.05, 0) is 44.1 Å². The van der Waals surface area contributed by atoms with E-state index in [4.69, 9.17) is 5.73 Å². The van der Waals surface area contributed by atoms with Crippen molar-refractivity contribution >= 4 is 0 Å². The Morgan fingerprint density at radius 2 is 1.94 bits per heavy atom. The largest absolute Gasteiger partial charge is 0.416 e. The quantitative estimate of drug-likeness (QED) is 0.755. The van der Waals surface area contributed by atoms with Gasteiger partial charge in [-0.2, -0.15) is 13.2 Å². The maximum Gasteiger partial charge on any atom is 0.416 e. The van der Waals surface area contributed by atoms with Crippen molar-refractivity contribution in [3.63, 3.8) is 0 Å². The van der Waals surface area contributed by atoms with E-state index in [9.17, 15) is 13.2 Å². The van der Waals surface area contributed by atoms with Crippen molar-refractivity contribution in [3.05, 3.63) is 35.4 Å². The molecule has 0 aliphatic carbocycles. The van der Waals surface area contributed by atoms with Crippen molar-refractivity contribution in [2.75, 3.05) is 19.6 Å². The monoisotopic (exact) mass is 246 g/mol. The molecule has 3 N–H and O–H groups in total. The molecule has 0 bridgehead atoms. The fraction of sp³-hybridized carbons (Fsp3) is 0.500. The Hall–Kier alpha value is -1.07. The van der Waals surface area contributed by atoms with Gasteiger partial charge in [0, 0.05) is 0 Å². The van der Waals surface area contributed by atoms with Crippen LogP contribution in [0.2, 0.25) is 0 Å². The highest BCUT2D eigenvalue weighted by Crippen LogP contribution is 2.29. The maximum atomic E-state index is 12.4. The van der Waals surface area contributed by atoms with Crippen LogP contribution in [0, 0.1) is 0 Å². The van der Waals surface area contributed by atoms with Gasteiger partial charge in [0.15, 0.2) is 0 Å². The van der Waals surface area contributed by atoms with Gasteiger partial charge in [-0.1, -0.05) is 18.2 Å². The zero-order valence-electron chi connectivity index (χ0n) is 9.56. The summed E-state index contributed by atoms with van der Waals surface area (Å²) in [7, 11) is 0. The molecular formula is C12H17F3N2. The SMILES string of the molecule is NCCCNCCc1cccc(C(F)(F)F)c1. The molecule has 0 atom stereocenters. The van der Waals surface area contributed by atoms with Crippen molar-refractivity contribution in [3.8, 4) is 0 Å². The standard InChI is InChI=1S/C12H17F3N2/c13-12(14,15)11-4-1-3-10(9-11)5-8-17-7-2-6-16/h1,3-4,9,17H,2,5-8,16H2. The van der Waals surface area contributed by atoms with Crippen LogP contribution in [0.4, 0.5) is 13.2 Å². The van der Waals surface area contributed by atoms with Gasteiger partial charge in [0.05, 0.1) is 5.56 Å². The Morgan fingerprint density at radius 3 is 2.59 bits per heavy atom. The zero-order chi connectivity index (χ0) is 12.7. The smallest absolute Gasteiger partial charge is 0.330 e. The second-order valence-electron chi connectivity index (χ2n) is 3.84. The van der Waals surface area contributed by atoms with Crippen LogP contribution in [0.5, 0.6) is 0 Å². The molecule has 2 nitrogen and oxygen atoms in total. The van der Waals surface area contributed by atoms with Gasteiger partial charge in [-0.15, -0.1) is 0 Å². The lowest BCUT2D eigenvalue weighted by Crippen LogP contribution is -2.20. The summed E-state index contributed by atoms with van der Waals surface area (Å²) in [5.74, 6) is 0. The summed E-state index contributed by atoms with van der Waals surface area (Å²) < 4.78 is 37.3. The van der Waals surface area contributed by atoms with Gasteiger partial charge in [0.1, 0.15) is 0 Å². The number of hydrogen-bond donors (Lipinski definition) is 2. The first-order valence-electron chi connectivity index (χ1n) is 5.61. The van der Waals surface area contributed by atoms with E-state index in [1.54, 1.807) is 6.07 Å². The molecule has 0 aliphatic rings. The molecule has 0 spiro atoms. The minimum Gasteiger partial charge on any atom is -0.330 e. The number of nitrogens with two attached hydrogens (primary N) is 1. The molecule has 1 rings (SSSR count).